The zero-order valence-electron chi connectivity index (χ0n) is 14.2. The SMILES string of the molecule is CN(C)c1cc(CF)c2nc3c(CF)cc(=[N+](C)C)cc-3sc2c1. The lowest BCUT2D eigenvalue weighted by molar-refractivity contribution is 0.484. The molecule has 1 aliphatic carbocycles. The van der Waals surface area contributed by atoms with Crippen molar-refractivity contribution in [1.29, 1.82) is 0 Å². The predicted molar refractivity (Wildman–Crippen MR) is 97.3 cm³/mol. The van der Waals surface area contributed by atoms with Crippen molar-refractivity contribution in [2.45, 2.75) is 13.3 Å². The van der Waals surface area contributed by atoms with Gasteiger partial charge < -0.3 is 4.90 Å². The van der Waals surface area contributed by atoms with Crippen LogP contribution in [0.4, 0.5) is 14.5 Å². The van der Waals surface area contributed by atoms with Crippen molar-refractivity contribution in [3.63, 3.8) is 0 Å². The van der Waals surface area contributed by atoms with Gasteiger partial charge in [-0.1, -0.05) is 0 Å². The lowest BCUT2D eigenvalue weighted by Gasteiger charge is -2.16. The third-order valence-corrected chi connectivity index (χ3v) is 5.10. The number of anilines is 1. The molecule has 3 rings (SSSR count). The molecule has 0 unspecified atom stereocenters. The third kappa shape index (κ3) is 2.86. The zero-order valence-corrected chi connectivity index (χ0v) is 15.0. The monoisotopic (exact) mass is 348 g/mol. The maximum absolute atomic E-state index is 13.5. The molecule has 1 aromatic rings. The summed E-state index contributed by atoms with van der Waals surface area (Å²) in [6.45, 7) is -1.19. The summed E-state index contributed by atoms with van der Waals surface area (Å²) in [6, 6.07) is 7.61. The summed E-state index contributed by atoms with van der Waals surface area (Å²) >= 11 is 1.52. The second-order valence-electron chi connectivity index (χ2n) is 6.17. The molecule has 0 saturated heterocycles. The van der Waals surface area contributed by atoms with Crippen LogP contribution in [0.15, 0.2) is 24.3 Å². The van der Waals surface area contributed by atoms with Gasteiger partial charge in [0.25, 0.3) is 0 Å². The van der Waals surface area contributed by atoms with Crippen molar-refractivity contribution in [2.24, 2.45) is 0 Å². The Morgan fingerprint density at radius 3 is 2.33 bits per heavy atom. The molecule has 6 heteroatoms. The Morgan fingerprint density at radius 2 is 1.75 bits per heavy atom. The van der Waals surface area contributed by atoms with E-state index in [2.05, 4.69) is 4.98 Å². The smallest absolute Gasteiger partial charge is 0.201 e. The number of hydrogen-bond acceptors (Lipinski definition) is 3. The Hall–Kier alpha value is -2.08. The van der Waals surface area contributed by atoms with Crippen LogP contribution < -0.4 is 14.8 Å². The minimum Gasteiger partial charge on any atom is -0.378 e. The summed E-state index contributed by atoms with van der Waals surface area (Å²) in [5.41, 5.74) is 3.24. The van der Waals surface area contributed by atoms with E-state index in [0.29, 0.717) is 22.3 Å². The number of benzene rings is 2. The molecular weight excluding hydrogens is 328 g/mol. The second kappa shape index (κ2) is 6.43. The van der Waals surface area contributed by atoms with E-state index in [1.54, 1.807) is 12.1 Å². The number of rotatable bonds is 3. The van der Waals surface area contributed by atoms with E-state index in [0.717, 1.165) is 20.6 Å². The fraction of sp³-hybridized carbons (Fsp3) is 0.333. The quantitative estimate of drug-likeness (QED) is 0.533. The minimum atomic E-state index is -0.593. The van der Waals surface area contributed by atoms with Gasteiger partial charge in [-0.2, -0.15) is 0 Å². The Labute approximate surface area is 143 Å². The molecule has 0 fully saturated rings. The lowest BCUT2D eigenvalue weighted by atomic mass is 10.1. The van der Waals surface area contributed by atoms with Gasteiger partial charge in [0.05, 0.1) is 20.8 Å². The average molecular weight is 348 g/mol. The molecule has 126 valence electrons. The molecule has 0 saturated carbocycles. The van der Waals surface area contributed by atoms with E-state index in [-0.39, 0.29) is 0 Å². The van der Waals surface area contributed by atoms with Gasteiger partial charge in [-0.3, -0.25) is 0 Å². The normalized spacial score (nSPS) is 11.2. The van der Waals surface area contributed by atoms with Crippen LogP contribution in [0.2, 0.25) is 0 Å². The zero-order chi connectivity index (χ0) is 17.4. The van der Waals surface area contributed by atoms with E-state index < -0.39 is 13.3 Å². The van der Waals surface area contributed by atoms with E-state index in [1.807, 2.05) is 49.8 Å². The average Bonchev–Trinajstić information content (AvgIpc) is 2.57. The molecule has 0 amide bonds. The molecule has 0 bridgehead atoms. The van der Waals surface area contributed by atoms with Crippen LogP contribution in [0, 0.1) is 0 Å². The fourth-order valence-electron chi connectivity index (χ4n) is 2.66. The summed E-state index contributed by atoms with van der Waals surface area (Å²) in [6.07, 6.45) is 0. The molecular formula is C18H20F2N3S+. The van der Waals surface area contributed by atoms with Crippen LogP contribution in [-0.4, -0.2) is 33.2 Å². The van der Waals surface area contributed by atoms with E-state index in [9.17, 15) is 8.78 Å². The van der Waals surface area contributed by atoms with Crippen LogP contribution in [0.25, 0.3) is 20.8 Å². The van der Waals surface area contributed by atoms with Crippen molar-refractivity contribution >= 4 is 27.2 Å². The maximum Gasteiger partial charge on any atom is 0.201 e. The van der Waals surface area contributed by atoms with Crippen LogP contribution in [0.1, 0.15) is 11.1 Å². The number of halogens is 2. The molecule has 0 spiro atoms. The highest BCUT2D eigenvalue weighted by Crippen LogP contribution is 2.35. The topological polar surface area (TPSA) is 19.1 Å². The van der Waals surface area contributed by atoms with E-state index in [1.165, 1.54) is 11.3 Å². The first-order chi connectivity index (χ1) is 11.4. The van der Waals surface area contributed by atoms with Crippen molar-refractivity contribution < 1.29 is 8.78 Å². The molecule has 1 aromatic carbocycles. The van der Waals surface area contributed by atoms with Crippen molar-refractivity contribution in [3.8, 4) is 10.6 Å². The van der Waals surface area contributed by atoms with Crippen LogP contribution in [0.3, 0.4) is 0 Å². The highest BCUT2D eigenvalue weighted by atomic mass is 32.1. The summed E-state index contributed by atoms with van der Waals surface area (Å²) in [5, 5.41) is 0.932. The first kappa shape index (κ1) is 16.8. The van der Waals surface area contributed by atoms with E-state index >= 15 is 0 Å². The van der Waals surface area contributed by atoms with Crippen LogP contribution in [-0.2, 0) is 13.3 Å². The van der Waals surface area contributed by atoms with Gasteiger partial charge in [-0.05, 0) is 12.1 Å². The van der Waals surface area contributed by atoms with Crippen molar-refractivity contribution in [2.75, 3.05) is 33.1 Å². The molecule has 0 radical (unpaired) electrons. The highest BCUT2D eigenvalue weighted by Gasteiger charge is 2.17. The van der Waals surface area contributed by atoms with Crippen LogP contribution >= 0.6 is 11.3 Å². The number of nitrogens with zero attached hydrogens (tertiary/aromatic N) is 3. The Balaban J connectivity index is 2.44. The Bertz CT molecular complexity index is 943. The van der Waals surface area contributed by atoms with Gasteiger partial charge in [0.1, 0.15) is 27.4 Å². The van der Waals surface area contributed by atoms with Gasteiger partial charge >= 0.3 is 0 Å². The van der Waals surface area contributed by atoms with Gasteiger partial charge in [0.15, 0.2) is 0 Å². The van der Waals surface area contributed by atoms with Gasteiger partial charge in [-0.25, -0.2) is 18.3 Å². The summed E-state index contributed by atoms with van der Waals surface area (Å²) in [4.78, 5) is 7.46. The van der Waals surface area contributed by atoms with Crippen LogP contribution in [0.5, 0.6) is 0 Å². The number of alkyl halides is 2. The maximum atomic E-state index is 13.5. The molecule has 24 heavy (non-hydrogen) atoms. The fourth-order valence-corrected chi connectivity index (χ4v) is 3.80. The molecule has 3 nitrogen and oxygen atoms in total. The molecule has 1 aliphatic heterocycles. The number of hydrogen-bond donors (Lipinski definition) is 0. The largest absolute Gasteiger partial charge is 0.378 e. The highest BCUT2D eigenvalue weighted by molar-refractivity contribution is 7.21. The molecule has 2 aliphatic rings. The minimum absolute atomic E-state index is 0.538. The molecule has 1 heterocycles. The second-order valence-corrected chi connectivity index (χ2v) is 7.26. The molecule has 0 aromatic heterocycles. The first-order valence-corrected chi connectivity index (χ1v) is 8.46. The summed E-state index contributed by atoms with van der Waals surface area (Å²) < 4.78 is 29.9. The van der Waals surface area contributed by atoms with E-state index in [4.69, 9.17) is 0 Å². The van der Waals surface area contributed by atoms with Crippen molar-refractivity contribution in [3.05, 3.63) is 40.7 Å². The van der Waals surface area contributed by atoms with Gasteiger partial charge in [0.2, 0.25) is 5.36 Å². The number of fused-ring (bicyclic) bond motifs is 2. The number of aromatic nitrogens is 1. The first-order valence-electron chi connectivity index (χ1n) is 7.64. The lowest BCUT2D eigenvalue weighted by Crippen LogP contribution is -2.22. The van der Waals surface area contributed by atoms with Crippen molar-refractivity contribution in [1.82, 2.24) is 9.56 Å². The predicted octanol–water partition coefficient (Wildman–Crippen LogP) is 3.44. The molecule has 0 N–H and O–H groups in total. The standard InChI is InChI=1S/C18H20F2N3S/c1-22(2)13-5-11(9-19)17-15(7-13)24-16-8-14(23(3)4)6-12(10-20)18(16)21-17/h5-8H,9-10H2,1-4H3/q+1. The third-order valence-electron chi connectivity index (χ3n) is 4.04. The Kier molecular flexibility index (Phi) is 4.49. The van der Waals surface area contributed by atoms with Gasteiger partial charge in [0, 0.05) is 43.0 Å². The Morgan fingerprint density at radius 1 is 1.04 bits per heavy atom. The van der Waals surface area contributed by atoms with Gasteiger partial charge in [-0.15, -0.1) is 11.3 Å². The summed E-state index contributed by atoms with van der Waals surface area (Å²) in [5.74, 6) is 0. The molecule has 0 atom stereocenters. The summed E-state index contributed by atoms with van der Waals surface area (Å²) in [7, 11) is 7.70.